The number of para-hydroxylation sites is 1. The van der Waals surface area contributed by atoms with E-state index in [1.807, 2.05) is 59.4 Å². The molecular weight excluding hydrogens is 436 g/mol. The molecule has 3 aromatic carbocycles. The van der Waals surface area contributed by atoms with E-state index in [2.05, 4.69) is 51.4 Å². The van der Waals surface area contributed by atoms with Crippen LogP contribution < -0.4 is 0 Å². The predicted octanol–water partition coefficient (Wildman–Crippen LogP) is 7.26. The lowest BCUT2D eigenvalue weighted by atomic mass is 10.0. The Morgan fingerprint density at radius 2 is 1.43 bits per heavy atom. The molecule has 164 valence electrons. The van der Waals surface area contributed by atoms with Crippen molar-refractivity contribution in [3.05, 3.63) is 97.6 Å². The smallest absolute Gasteiger partial charge is 0.234 e. The van der Waals surface area contributed by atoms with Crippen LogP contribution in [0.15, 0.2) is 106 Å². The number of fused-ring (bicyclic) bond motifs is 8. The van der Waals surface area contributed by atoms with Gasteiger partial charge in [-0.25, -0.2) is 9.97 Å². The summed E-state index contributed by atoms with van der Waals surface area (Å²) < 4.78 is 14.3. The minimum absolute atomic E-state index is 0.657. The summed E-state index contributed by atoms with van der Waals surface area (Å²) in [6.45, 7) is 0. The first-order chi connectivity index (χ1) is 17.3. The maximum atomic E-state index is 6.27. The van der Waals surface area contributed by atoms with E-state index in [4.69, 9.17) is 8.83 Å². The third-order valence-electron chi connectivity index (χ3n) is 6.58. The van der Waals surface area contributed by atoms with Gasteiger partial charge in [0.05, 0.1) is 5.69 Å². The van der Waals surface area contributed by atoms with Gasteiger partial charge in [-0.05, 0) is 48.0 Å². The van der Waals surface area contributed by atoms with Gasteiger partial charge >= 0.3 is 0 Å². The van der Waals surface area contributed by atoms with Gasteiger partial charge in [-0.2, -0.15) is 0 Å². The molecule has 8 aromatic rings. The number of pyridine rings is 1. The number of hydrogen-bond acceptors (Lipinski definition) is 5. The van der Waals surface area contributed by atoms with E-state index in [-0.39, 0.29) is 0 Å². The Labute approximate surface area is 198 Å². The summed E-state index contributed by atoms with van der Waals surface area (Å²) in [6, 6.07) is 24.5. The van der Waals surface area contributed by atoms with Gasteiger partial charge in [0.15, 0.2) is 11.2 Å². The number of rotatable bonds is 2. The Kier molecular flexibility index (Phi) is 3.57. The van der Waals surface area contributed by atoms with Crippen LogP contribution in [0, 0.1) is 0 Å². The molecule has 0 atom stereocenters. The zero-order valence-electron chi connectivity index (χ0n) is 18.3. The normalized spacial score (nSPS) is 12.0. The van der Waals surface area contributed by atoms with Gasteiger partial charge in [-0.15, -0.1) is 0 Å². The van der Waals surface area contributed by atoms with Crippen molar-refractivity contribution < 1.29 is 8.83 Å². The van der Waals surface area contributed by atoms with Crippen molar-refractivity contribution in [3.63, 3.8) is 0 Å². The zero-order valence-corrected chi connectivity index (χ0v) is 18.3. The highest BCUT2D eigenvalue weighted by atomic mass is 16.4. The minimum Gasteiger partial charge on any atom is -0.452 e. The second-order valence-electron chi connectivity index (χ2n) is 8.62. The van der Waals surface area contributed by atoms with E-state index in [1.54, 1.807) is 6.20 Å². The quantitative estimate of drug-likeness (QED) is 0.276. The molecule has 5 heterocycles. The summed E-state index contributed by atoms with van der Waals surface area (Å²) in [6.07, 6.45) is 7.48. The molecule has 0 radical (unpaired) electrons. The molecule has 6 nitrogen and oxygen atoms in total. The molecule has 0 unspecified atom stereocenters. The van der Waals surface area contributed by atoms with Crippen LogP contribution in [0.2, 0.25) is 0 Å². The molecule has 0 aliphatic carbocycles. The summed E-state index contributed by atoms with van der Waals surface area (Å²) in [5.74, 6) is 0.657. The van der Waals surface area contributed by atoms with E-state index in [9.17, 15) is 0 Å². The fourth-order valence-electron chi connectivity index (χ4n) is 4.87. The Hall–Kier alpha value is -4.97. The molecule has 0 spiro atoms. The van der Waals surface area contributed by atoms with Crippen molar-refractivity contribution in [2.45, 2.75) is 0 Å². The molecule has 0 bridgehead atoms. The number of imidazole rings is 1. The van der Waals surface area contributed by atoms with Crippen molar-refractivity contribution in [1.29, 1.82) is 0 Å². The molecule has 0 saturated heterocycles. The van der Waals surface area contributed by atoms with Gasteiger partial charge in [0, 0.05) is 51.9 Å². The first kappa shape index (κ1) is 18.5. The second kappa shape index (κ2) is 6.77. The molecule has 0 saturated carbocycles. The van der Waals surface area contributed by atoms with E-state index >= 15 is 0 Å². The van der Waals surface area contributed by atoms with Crippen molar-refractivity contribution in [2.24, 2.45) is 0 Å². The number of hydrogen-bond donors (Lipinski definition) is 0. The Morgan fingerprint density at radius 3 is 2.26 bits per heavy atom. The first-order valence-electron chi connectivity index (χ1n) is 11.3. The number of furan rings is 2. The van der Waals surface area contributed by atoms with Crippen LogP contribution in [0.4, 0.5) is 0 Å². The highest BCUT2D eigenvalue weighted by Crippen LogP contribution is 2.39. The van der Waals surface area contributed by atoms with Crippen molar-refractivity contribution in [1.82, 2.24) is 19.4 Å². The second-order valence-corrected chi connectivity index (χ2v) is 8.62. The standard InChI is InChI=1S/C29H16N4O2/c1-2-5-25-19(4-1)20-8-9-21-22-14-17(7-11-26(22)35-28(21)27(20)34-25)18-6-10-23(31-15-18)24-16-33-13-3-12-30-29(33)32-24/h1-16H. The molecule has 0 amide bonds. The Morgan fingerprint density at radius 1 is 0.629 bits per heavy atom. The molecule has 6 heteroatoms. The molecular formula is C29H16N4O2. The summed E-state index contributed by atoms with van der Waals surface area (Å²) in [5.41, 5.74) is 6.96. The van der Waals surface area contributed by atoms with Crippen LogP contribution in [-0.4, -0.2) is 19.4 Å². The Bertz CT molecular complexity index is 2030. The third kappa shape index (κ3) is 2.68. The van der Waals surface area contributed by atoms with Gasteiger partial charge in [0.1, 0.15) is 16.9 Å². The summed E-state index contributed by atoms with van der Waals surface area (Å²) in [7, 11) is 0. The maximum absolute atomic E-state index is 6.27. The highest BCUT2D eigenvalue weighted by Gasteiger charge is 2.16. The Balaban J connectivity index is 1.24. The monoisotopic (exact) mass is 452 g/mol. The van der Waals surface area contributed by atoms with E-state index in [1.165, 1.54) is 0 Å². The lowest BCUT2D eigenvalue weighted by Gasteiger charge is -2.03. The van der Waals surface area contributed by atoms with Crippen molar-refractivity contribution >= 4 is 49.7 Å². The average molecular weight is 452 g/mol. The average Bonchev–Trinajstić information content (AvgIpc) is 3.61. The first-order valence-corrected chi connectivity index (χ1v) is 11.3. The molecule has 8 rings (SSSR count). The van der Waals surface area contributed by atoms with Crippen LogP contribution in [-0.2, 0) is 0 Å². The number of aromatic nitrogens is 4. The third-order valence-corrected chi connectivity index (χ3v) is 6.58. The summed E-state index contributed by atoms with van der Waals surface area (Å²) >= 11 is 0. The van der Waals surface area contributed by atoms with Gasteiger partial charge in [0.25, 0.3) is 0 Å². The van der Waals surface area contributed by atoms with Gasteiger partial charge in [-0.3, -0.25) is 9.38 Å². The van der Waals surface area contributed by atoms with Gasteiger partial charge in [0.2, 0.25) is 5.78 Å². The number of benzene rings is 3. The topological polar surface area (TPSA) is 69.4 Å². The van der Waals surface area contributed by atoms with E-state index in [0.29, 0.717) is 5.78 Å². The lowest BCUT2D eigenvalue weighted by Crippen LogP contribution is -1.85. The largest absolute Gasteiger partial charge is 0.452 e. The fourth-order valence-corrected chi connectivity index (χ4v) is 4.87. The highest BCUT2D eigenvalue weighted by molar-refractivity contribution is 6.19. The molecule has 35 heavy (non-hydrogen) atoms. The number of nitrogens with zero attached hydrogens (tertiary/aromatic N) is 4. The summed E-state index contributed by atoms with van der Waals surface area (Å²) in [4.78, 5) is 13.5. The van der Waals surface area contributed by atoms with Crippen molar-refractivity contribution in [2.75, 3.05) is 0 Å². The fraction of sp³-hybridized carbons (Fsp3) is 0. The van der Waals surface area contributed by atoms with Crippen molar-refractivity contribution in [3.8, 4) is 22.5 Å². The zero-order chi connectivity index (χ0) is 22.9. The summed E-state index contributed by atoms with van der Waals surface area (Å²) in [5, 5.41) is 4.25. The maximum Gasteiger partial charge on any atom is 0.234 e. The van der Waals surface area contributed by atoms with E-state index < -0.39 is 0 Å². The van der Waals surface area contributed by atoms with Crippen LogP contribution in [0.1, 0.15) is 0 Å². The van der Waals surface area contributed by atoms with Crippen LogP contribution >= 0.6 is 0 Å². The van der Waals surface area contributed by atoms with Crippen LogP contribution in [0.3, 0.4) is 0 Å². The molecule has 5 aromatic heterocycles. The molecule has 0 N–H and O–H groups in total. The predicted molar refractivity (Wildman–Crippen MR) is 136 cm³/mol. The molecule has 0 fully saturated rings. The van der Waals surface area contributed by atoms with Crippen LogP contribution in [0.5, 0.6) is 0 Å². The lowest BCUT2D eigenvalue weighted by molar-refractivity contribution is 0.633. The van der Waals surface area contributed by atoms with Gasteiger partial charge < -0.3 is 8.83 Å². The molecule has 0 aliphatic heterocycles. The van der Waals surface area contributed by atoms with Gasteiger partial charge in [-0.1, -0.05) is 30.3 Å². The molecule has 0 aliphatic rings. The van der Waals surface area contributed by atoms with E-state index in [0.717, 1.165) is 66.4 Å². The SMILES string of the molecule is c1ccc2c(c1)oc1c2ccc2c3cc(-c4ccc(-c5cn6cccnc6n5)nc4)ccc3oc21. The van der Waals surface area contributed by atoms with Crippen LogP contribution in [0.25, 0.3) is 72.2 Å². The minimum atomic E-state index is 0.657.